The minimum absolute atomic E-state index is 0.0685. The largest absolute Gasteiger partial charge is 0.426 e. The normalized spacial score (nSPS) is 10.6. The van der Waals surface area contributed by atoms with Crippen LogP contribution in [0.15, 0.2) is 48.7 Å². The Balaban J connectivity index is 1.83. The maximum absolute atomic E-state index is 12.7. The monoisotopic (exact) mass is 370 g/mol. The van der Waals surface area contributed by atoms with Gasteiger partial charge in [-0.15, -0.1) is 0 Å². The van der Waals surface area contributed by atoms with E-state index in [0.29, 0.717) is 24.5 Å². The Morgan fingerprint density at radius 1 is 0.926 bits per heavy atom. The van der Waals surface area contributed by atoms with Gasteiger partial charge in [0.05, 0.1) is 6.42 Å². The lowest BCUT2D eigenvalue weighted by atomic mass is 10.1. The number of aromatic amines is 1. The van der Waals surface area contributed by atoms with Crippen LogP contribution in [0.2, 0.25) is 0 Å². The molecule has 1 heterocycles. The van der Waals surface area contributed by atoms with E-state index in [4.69, 9.17) is 4.74 Å². The number of H-pyrrole nitrogens is 1. The van der Waals surface area contributed by atoms with E-state index in [9.17, 15) is 9.59 Å². The molecule has 0 saturated carbocycles. The van der Waals surface area contributed by atoms with E-state index in [-0.39, 0.29) is 18.3 Å². The van der Waals surface area contributed by atoms with Crippen LogP contribution in [-0.4, -0.2) is 34.8 Å². The van der Waals surface area contributed by atoms with Crippen LogP contribution in [0.4, 0.5) is 0 Å². The highest BCUT2D eigenvalue weighted by Gasteiger charge is 2.18. The summed E-state index contributed by atoms with van der Waals surface area (Å²) in [4.78, 5) is 29.5. The van der Waals surface area contributed by atoms with Crippen molar-refractivity contribution >= 4 is 11.9 Å². The Kier molecular flexibility index (Phi) is 9.18. The molecule has 27 heavy (non-hydrogen) atoms. The molecule has 0 unspecified atom stereocenters. The third-order valence-corrected chi connectivity index (χ3v) is 4.46. The molecule has 0 radical (unpaired) electrons. The van der Waals surface area contributed by atoms with Gasteiger partial charge in [-0.05, 0) is 30.7 Å². The summed E-state index contributed by atoms with van der Waals surface area (Å²) >= 11 is 0. The number of hydrogen-bond acceptors (Lipinski definition) is 3. The van der Waals surface area contributed by atoms with E-state index in [1.54, 1.807) is 35.4 Å². The van der Waals surface area contributed by atoms with Gasteiger partial charge in [-0.2, -0.15) is 0 Å². The number of carbonyl (C=O) groups excluding carboxylic acids is 2. The number of carbonyl (C=O) groups is 2. The Labute approximate surface area is 161 Å². The van der Waals surface area contributed by atoms with Crippen LogP contribution >= 0.6 is 0 Å². The number of ether oxygens (including phenoxy) is 1. The molecular formula is C22H30N2O3. The topological polar surface area (TPSA) is 62.4 Å². The van der Waals surface area contributed by atoms with Crippen LogP contribution in [0.5, 0.6) is 5.75 Å². The smallest absolute Gasteiger partial charge is 0.312 e. The number of aromatic nitrogens is 1. The number of para-hydroxylation sites is 1. The number of rotatable bonds is 12. The van der Waals surface area contributed by atoms with Crippen molar-refractivity contribution in [2.45, 2.75) is 51.9 Å². The molecule has 2 rings (SSSR count). The summed E-state index contributed by atoms with van der Waals surface area (Å²) in [7, 11) is 0. The predicted molar refractivity (Wildman–Crippen MR) is 107 cm³/mol. The second-order valence-corrected chi connectivity index (χ2v) is 6.68. The fourth-order valence-electron chi connectivity index (χ4n) is 2.93. The molecule has 0 fully saturated rings. The summed E-state index contributed by atoms with van der Waals surface area (Å²) in [6.07, 6.45) is 8.88. The Bertz CT molecular complexity index is 668. The number of nitrogens with zero attached hydrogens (tertiary/aromatic N) is 1. The summed E-state index contributed by atoms with van der Waals surface area (Å²) in [5.74, 6) is 0.134. The molecule has 0 saturated heterocycles. The van der Waals surface area contributed by atoms with Crippen LogP contribution in [0.3, 0.4) is 0 Å². The Morgan fingerprint density at radius 2 is 1.67 bits per heavy atom. The molecule has 0 aliphatic rings. The van der Waals surface area contributed by atoms with Gasteiger partial charge in [0.15, 0.2) is 0 Å². The number of esters is 1. The van der Waals surface area contributed by atoms with E-state index in [0.717, 1.165) is 12.8 Å². The van der Waals surface area contributed by atoms with Gasteiger partial charge in [-0.3, -0.25) is 9.59 Å². The van der Waals surface area contributed by atoms with Crippen LogP contribution in [0, 0.1) is 0 Å². The second kappa shape index (κ2) is 11.9. The van der Waals surface area contributed by atoms with Crippen molar-refractivity contribution in [1.29, 1.82) is 0 Å². The average molecular weight is 370 g/mol. The molecule has 146 valence electrons. The van der Waals surface area contributed by atoms with Gasteiger partial charge in [0.25, 0.3) is 5.91 Å². The Hall–Kier alpha value is -2.56. The van der Waals surface area contributed by atoms with E-state index in [2.05, 4.69) is 11.9 Å². The summed E-state index contributed by atoms with van der Waals surface area (Å²) < 4.78 is 5.32. The molecule has 0 bridgehead atoms. The SMILES string of the molecule is CCCCCCCCN(CCC(=O)Oc1ccccc1)C(=O)c1ccc[nH]1. The molecule has 0 aliphatic heterocycles. The third kappa shape index (κ3) is 7.69. The average Bonchev–Trinajstić information content (AvgIpc) is 3.22. The van der Waals surface area contributed by atoms with Gasteiger partial charge in [0.2, 0.25) is 0 Å². The fourth-order valence-corrected chi connectivity index (χ4v) is 2.93. The Morgan fingerprint density at radius 3 is 2.37 bits per heavy atom. The summed E-state index contributed by atoms with van der Waals surface area (Å²) in [5.41, 5.74) is 0.553. The van der Waals surface area contributed by atoms with Crippen LogP contribution in [0.1, 0.15) is 62.4 Å². The van der Waals surface area contributed by atoms with Gasteiger partial charge in [-0.1, -0.05) is 57.2 Å². The molecule has 1 amide bonds. The van der Waals surface area contributed by atoms with E-state index >= 15 is 0 Å². The van der Waals surface area contributed by atoms with Crippen LogP contribution in [-0.2, 0) is 4.79 Å². The highest BCUT2D eigenvalue weighted by Crippen LogP contribution is 2.12. The number of amides is 1. The minimum atomic E-state index is -0.326. The van der Waals surface area contributed by atoms with Crippen LogP contribution < -0.4 is 4.74 Å². The molecule has 2 aromatic rings. The second-order valence-electron chi connectivity index (χ2n) is 6.68. The first-order valence-corrected chi connectivity index (χ1v) is 9.89. The standard InChI is InChI=1S/C22H30N2O3/c1-2-3-4-5-6-10-17-24(22(26)20-14-11-16-23-20)18-15-21(25)27-19-12-8-7-9-13-19/h7-9,11-14,16,23H,2-6,10,15,17-18H2,1H3. The van der Waals surface area contributed by atoms with Gasteiger partial charge in [0.1, 0.15) is 11.4 Å². The fraction of sp³-hybridized carbons (Fsp3) is 0.455. The molecule has 0 spiro atoms. The molecule has 1 N–H and O–H groups in total. The van der Waals surface area contributed by atoms with Crippen molar-refractivity contribution in [3.63, 3.8) is 0 Å². The van der Waals surface area contributed by atoms with E-state index in [1.807, 2.05) is 18.2 Å². The lowest BCUT2D eigenvalue weighted by Gasteiger charge is -2.22. The van der Waals surface area contributed by atoms with Gasteiger partial charge >= 0.3 is 5.97 Å². The molecule has 5 nitrogen and oxygen atoms in total. The van der Waals surface area contributed by atoms with E-state index < -0.39 is 0 Å². The molecule has 0 atom stereocenters. The van der Waals surface area contributed by atoms with Crippen molar-refractivity contribution in [2.75, 3.05) is 13.1 Å². The number of nitrogens with one attached hydrogen (secondary N) is 1. The molecule has 0 aliphatic carbocycles. The maximum atomic E-state index is 12.7. The first kappa shape index (κ1) is 20.7. The first-order valence-electron chi connectivity index (χ1n) is 9.89. The number of benzene rings is 1. The lowest BCUT2D eigenvalue weighted by Crippen LogP contribution is -2.34. The van der Waals surface area contributed by atoms with Crippen molar-refractivity contribution < 1.29 is 14.3 Å². The first-order chi connectivity index (χ1) is 13.2. The maximum Gasteiger partial charge on any atom is 0.312 e. The lowest BCUT2D eigenvalue weighted by molar-refractivity contribution is -0.134. The minimum Gasteiger partial charge on any atom is -0.426 e. The molecule has 1 aromatic carbocycles. The summed E-state index contributed by atoms with van der Waals surface area (Å²) in [6.45, 7) is 3.21. The van der Waals surface area contributed by atoms with E-state index in [1.165, 1.54) is 25.7 Å². The zero-order valence-electron chi connectivity index (χ0n) is 16.2. The quantitative estimate of drug-likeness (QED) is 0.331. The number of unbranched alkanes of at least 4 members (excludes halogenated alkanes) is 5. The highest BCUT2D eigenvalue weighted by molar-refractivity contribution is 5.92. The van der Waals surface area contributed by atoms with Crippen molar-refractivity contribution in [1.82, 2.24) is 9.88 Å². The van der Waals surface area contributed by atoms with Gasteiger partial charge in [-0.25, -0.2) is 0 Å². The molecule has 5 heteroatoms. The third-order valence-electron chi connectivity index (χ3n) is 4.46. The zero-order chi connectivity index (χ0) is 19.3. The predicted octanol–water partition coefficient (Wildman–Crippen LogP) is 4.81. The zero-order valence-corrected chi connectivity index (χ0v) is 16.2. The summed E-state index contributed by atoms with van der Waals surface area (Å²) in [6, 6.07) is 12.6. The summed E-state index contributed by atoms with van der Waals surface area (Å²) in [5, 5.41) is 0. The van der Waals surface area contributed by atoms with Crippen molar-refractivity contribution in [2.24, 2.45) is 0 Å². The van der Waals surface area contributed by atoms with Crippen molar-refractivity contribution in [3.8, 4) is 5.75 Å². The highest BCUT2D eigenvalue weighted by atomic mass is 16.5. The molecule has 1 aromatic heterocycles. The van der Waals surface area contributed by atoms with Crippen molar-refractivity contribution in [3.05, 3.63) is 54.4 Å². The van der Waals surface area contributed by atoms with Gasteiger partial charge in [0, 0.05) is 19.3 Å². The number of hydrogen-bond donors (Lipinski definition) is 1. The van der Waals surface area contributed by atoms with Gasteiger partial charge < -0.3 is 14.6 Å². The molecular weight excluding hydrogens is 340 g/mol. The van der Waals surface area contributed by atoms with Crippen LogP contribution in [0.25, 0.3) is 0 Å².